The zero-order valence-electron chi connectivity index (χ0n) is 18.4. The van der Waals surface area contributed by atoms with Crippen molar-refractivity contribution in [3.8, 4) is 0 Å². The molecule has 164 valence electrons. The van der Waals surface area contributed by atoms with Crippen molar-refractivity contribution in [1.82, 2.24) is 20.1 Å². The Morgan fingerprint density at radius 3 is 2.84 bits per heavy atom. The van der Waals surface area contributed by atoms with E-state index >= 15 is 0 Å². The van der Waals surface area contributed by atoms with Crippen LogP contribution in [0.3, 0.4) is 0 Å². The highest BCUT2D eigenvalue weighted by molar-refractivity contribution is 6.10. The van der Waals surface area contributed by atoms with Gasteiger partial charge in [0.15, 0.2) is 5.82 Å². The van der Waals surface area contributed by atoms with Crippen LogP contribution in [0.1, 0.15) is 49.8 Å². The van der Waals surface area contributed by atoms with Crippen molar-refractivity contribution in [2.45, 2.75) is 44.9 Å². The maximum absolute atomic E-state index is 5.86. The van der Waals surface area contributed by atoms with Crippen LogP contribution in [0.4, 0.5) is 11.5 Å². The fraction of sp³-hybridized carbons (Fsp3) is 0.417. The first kappa shape index (κ1) is 22.6. The smallest absolute Gasteiger partial charge is 0.180 e. The number of aromatic nitrogens is 3. The monoisotopic (exact) mass is 419 g/mol. The van der Waals surface area contributed by atoms with Crippen molar-refractivity contribution in [1.29, 1.82) is 0 Å². The summed E-state index contributed by atoms with van der Waals surface area (Å²) in [6, 6.07) is 4.14. The predicted molar refractivity (Wildman–Crippen MR) is 130 cm³/mol. The molecule has 3 N–H and O–H groups in total. The molecule has 3 rings (SSSR count). The second kappa shape index (κ2) is 12.0. The Morgan fingerprint density at radius 2 is 2.19 bits per heavy atom. The Morgan fingerprint density at radius 1 is 1.32 bits per heavy atom. The third-order valence-corrected chi connectivity index (χ3v) is 5.60. The zero-order chi connectivity index (χ0) is 21.9. The van der Waals surface area contributed by atoms with Gasteiger partial charge in [-0.15, -0.1) is 0 Å². The van der Waals surface area contributed by atoms with Gasteiger partial charge in [-0.2, -0.15) is 5.10 Å². The molecule has 0 spiro atoms. The lowest BCUT2D eigenvalue weighted by Gasteiger charge is -2.24. The van der Waals surface area contributed by atoms with E-state index in [1.165, 1.54) is 19.3 Å². The quantitative estimate of drug-likeness (QED) is 0.391. The highest BCUT2D eigenvalue weighted by Gasteiger charge is 2.18. The van der Waals surface area contributed by atoms with Crippen LogP contribution in [0.5, 0.6) is 0 Å². The van der Waals surface area contributed by atoms with Crippen LogP contribution in [0.15, 0.2) is 46.8 Å². The molecule has 0 saturated heterocycles. The molecular formula is C24H33N7. The van der Waals surface area contributed by atoms with Crippen molar-refractivity contribution in [2.75, 3.05) is 13.6 Å². The third kappa shape index (κ3) is 6.46. The van der Waals surface area contributed by atoms with Crippen molar-refractivity contribution in [2.24, 2.45) is 21.6 Å². The van der Waals surface area contributed by atoms with Gasteiger partial charge in [0.05, 0.1) is 6.20 Å². The number of allylic oxidation sites excluding steroid dienone is 2. The topological polar surface area (TPSA) is 93.5 Å². The van der Waals surface area contributed by atoms with Gasteiger partial charge >= 0.3 is 0 Å². The van der Waals surface area contributed by atoms with Crippen LogP contribution >= 0.6 is 0 Å². The molecule has 2 heterocycles. The van der Waals surface area contributed by atoms with Crippen LogP contribution in [-0.2, 0) is 6.42 Å². The largest absolute Gasteiger partial charge is 0.404 e. The Labute approximate surface area is 184 Å². The van der Waals surface area contributed by atoms with Crippen LogP contribution in [0, 0.1) is 5.92 Å². The average molecular weight is 420 g/mol. The number of rotatable bonds is 12. The fourth-order valence-electron chi connectivity index (χ4n) is 3.50. The summed E-state index contributed by atoms with van der Waals surface area (Å²) in [6.07, 6.45) is 19.1. The molecule has 0 aromatic carbocycles. The third-order valence-electron chi connectivity index (χ3n) is 5.60. The Bertz CT molecular complexity index is 918. The van der Waals surface area contributed by atoms with Gasteiger partial charge in [0, 0.05) is 41.6 Å². The van der Waals surface area contributed by atoms with Crippen molar-refractivity contribution in [3.63, 3.8) is 0 Å². The van der Waals surface area contributed by atoms with E-state index in [4.69, 9.17) is 5.73 Å². The van der Waals surface area contributed by atoms with E-state index in [0.29, 0.717) is 11.5 Å². The molecule has 0 aliphatic heterocycles. The fourth-order valence-corrected chi connectivity index (χ4v) is 3.50. The van der Waals surface area contributed by atoms with E-state index in [0.717, 1.165) is 55.0 Å². The summed E-state index contributed by atoms with van der Waals surface area (Å²) < 4.78 is 1.69. The maximum Gasteiger partial charge on any atom is 0.180 e. The molecule has 1 aliphatic rings. The number of unbranched alkanes of at least 4 members (excludes halogenated alkanes) is 2. The van der Waals surface area contributed by atoms with E-state index in [2.05, 4.69) is 50.3 Å². The number of hydrogen-bond donors (Lipinski definition) is 2. The molecule has 0 bridgehead atoms. The van der Waals surface area contributed by atoms with Gasteiger partial charge in [-0.05, 0) is 58.0 Å². The summed E-state index contributed by atoms with van der Waals surface area (Å²) >= 11 is 0. The molecular weight excluding hydrogens is 386 g/mol. The molecule has 0 amide bonds. The Kier molecular flexibility index (Phi) is 8.72. The number of nitrogens with two attached hydrogens (primary N) is 1. The lowest BCUT2D eigenvalue weighted by Crippen LogP contribution is -2.14. The number of nitrogens with one attached hydrogen (secondary N) is 1. The Balaban J connectivity index is 1.63. The van der Waals surface area contributed by atoms with Gasteiger partial charge in [-0.25, -0.2) is 9.67 Å². The molecule has 1 aliphatic carbocycles. The van der Waals surface area contributed by atoms with E-state index < -0.39 is 0 Å². The van der Waals surface area contributed by atoms with Crippen LogP contribution in [0.2, 0.25) is 0 Å². The zero-order valence-corrected chi connectivity index (χ0v) is 18.4. The van der Waals surface area contributed by atoms with Gasteiger partial charge in [0.25, 0.3) is 0 Å². The van der Waals surface area contributed by atoms with Crippen molar-refractivity contribution < 1.29 is 0 Å². The number of aliphatic imine (C=N–C) groups is 2. The lowest BCUT2D eigenvalue weighted by atomic mass is 9.82. The van der Waals surface area contributed by atoms with E-state index in [1.807, 2.05) is 19.4 Å². The van der Waals surface area contributed by atoms with E-state index in [9.17, 15) is 0 Å². The molecule has 7 heteroatoms. The van der Waals surface area contributed by atoms with Crippen LogP contribution in [-0.4, -0.2) is 41.3 Å². The van der Waals surface area contributed by atoms with Gasteiger partial charge in [-0.1, -0.05) is 31.4 Å². The minimum absolute atomic E-state index is 0.605. The minimum Gasteiger partial charge on any atom is -0.404 e. The molecule has 7 nitrogen and oxygen atoms in total. The first-order valence-corrected chi connectivity index (χ1v) is 11.0. The molecule has 0 radical (unpaired) electrons. The second-order valence-corrected chi connectivity index (χ2v) is 7.86. The summed E-state index contributed by atoms with van der Waals surface area (Å²) in [5, 5.41) is 7.51. The molecule has 1 saturated carbocycles. The normalized spacial score (nSPS) is 15.1. The molecule has 31 heavy (non-hydrogen) atoms. The van der Waals surface area contributed by atoms with E-state index in [1.54, 1.807) is 23.3 Å². The number of pyridine rings is 1. The van der Waals surface area contributed by atoms with E-state index in [-0.39, 0.29) is 0 Å². The first-order valence-electron chi connectivity index (χ1n) is 11.0. The number of hydrogen-bond acceptors (Lipinski definition) is 6. The first-order chi connectivity index (χ1) is 15.2. The summed E-state index contributed by atoms with van der Waals surface area (Å²) in [6.45, 7) is 4.70. The molecule has 0 unspecified atom stereocenters. The molecule has 0 atom stereocenters. The number of nitrogens with zero attached hydrogens (tertiary/aromatic N) is 5. The minimum atomic E-state index is 0.605. The van der Waals surface area contributed by atoms with Crippen LogP contribution in [0.25, 0.3) is 11.8 Å². The second-order valence-electron chi connectivity index (χ2n) is 7.86. The van der Waals surface area contributed by atoms with Crippen molar-refractivity contribution in [3.05, 3.63) is 48.1 Å². The molecule has 2 aromatic heterocycles. The summed E-state index contributed by atoms with van der Waals surface area (Å²) in [4.78, 5) is 13.3. The Hall–Kier alpha value is -3.06. The highest BCUT2D eigenvalue weighted by Crippen LogP contribution is 2.30. The standard InChI is InChI=1S/C24H33N7/c1-26-12-5-3-4-6-13-31-24(27-2)23(18-30-31)29-17-21(15-25)20-10-11-22(28-16-20)14-19-8-7-9-19/h6,10-11,13,15-19,26H,2-5,7-9,12,14,25H2,1H3/b13-6-,21-15?,29-17?. The SMILES string of the molecule is C=Nc1c(N=CC(=CN)c2ccc(CC3CCC3)nc2)cnn1/C=C\CCCCNC. The highest BCUT2D eigenvalue weighted by atomic mass is 15.3. The van der Waals surface area contributed by atoms with Gasteiger partial charge in [0.1, 0.15) is 5.69 Å². The van der Waals surface area contributed by atoms with Gasteiger partial charge < -0.3 is 11.1 Å². The van der Waals surface area contributed by atoms with Crippen molar-refractivity contribution >= 4 is 36.2 Å². The molecule has 1 fully saturated rings. The van der Waals surface area contributed by atoms with Crippen LogP contribution < -0.4 is 11.1 Å². The average Bonchev–Trinajstić information content (AvgIpc) is 3.16. The van der Waals surface area contributed by atoms with Gasteiger partial charge in [0.2, 0.25) is 0 Å². The summed E-state index contributed by atoms with van der Waals surface area (Å²) in [7, 11) is 1.97. The molecule has 2 aromatic rings. The maximum atomic E-state index is 5.86. The lowest BCUT2D eigenvalue weighted by molar-refractivity contribution is 0.312. The van der Waals surface area contributed by atoms with Gasteiger partial charge in [-0.3, -0.25) is 9.98 Å². The summed E-state index contributed by atoms with van der Waals surface area (Å²) in [5.74, 6) is 1.40. The predicted octanol–water partition coefficient (Wildman–Crippen LogP) is 4.52. The summed E-state index contributed by atoms with van der Waals surface area (Å²) in [5.41, 5.74) is 9.37.